The van der Waals surface area contributed by atoms with Gasteiger partial charge in [0.2, 0.25) is 5.91 Å². The first kappa shape index (κ1) is 13.0. The van der Waals surface area contributed by atoms with Gasteiger partial charge in [-0.3, -0.25) is 9.69 Å². The molecule has 1 aromatic carbocycles. The van der Waals surface area contributed by atoms with Crippen LogP contribution in [0.25, 0.3) is 0 Å². The zero-order valence-corrected chi connectivity index (χ0v) is 11.4. The number of carbonyl (C=O) groups excluding carboxylic acids is 1. The number of amidine groups is 1. The third-order valence-electron chi connectivity index (χ3n) is 2.61. The van der Waals surface area contributed by atoms with Crippen LogP contribution in [0.1, 0.15) is 13.3 Å². The highest BCUT2D eigenvalue weighted by molar-refractivity contribution is 8.15. The van der Waals surface area contributed by atoms with Gasteiger partial charge in [0.25, 0.3) is 0 Å². The molecule has 0 bridgehead atoms. The number of aliphatic imine (C=N–C) groups is 1. The zero-order valence-electron chi connectivity index (χ0n) is 10.5. The van der Waals surface area contributed by atoms with Gasteiger partial charge in [0.1, 0.15) is 11.4 Å². The predicted octanol–water partition coefficient (Wildman–Crippen LogP) is 2.67. The Kier molecular flexibility index (Phi) is 4.25. The van der Waals surface area contributed by atoms with E-state index >= 15 is 0 Å². The van der Waals surface area contributed by atoms with Crippen LogP contribution in [0.2, 0.25) is 0 Å². The molecule has 5 heteroatoms. The first-order chi connectivity index (χ1) is 8.76. The summed E-state index contributed by atoms with van der Waals surface area (Å²) < 4.78 is 5.26. The Morgan fingerprint density at radius 1 is 1.44 bits per heavy atom. The van der Waals surface area contributed by atoms with Gasteiger partial charge >= 0.3 is 0 Å². The maximum atomic E-state index is 11.7. The Bertz CT molecular complexity index is 474. The van der Waals surface area contributed by atoms with Crippen LogP contribution in [0.5, 0.6) is 5.75 Å². The van der Waals surface area contributed by atoms with Crippen molar-refractivity contribution in [2.75, 3.05) is 19.4 Å². The molecule has 0 aliphatic carbocycles. The van der Waals surface area contributed by atoms with Crippen molar-refractivity contribution in [3.05, 3.63) is 24.3 Å². The maximum Gasteiger partial charge on any atom is 0.239 e. The third-order valence-corrected chi connectivity index (χ3v) is 3.57. The Morgan fingerprint density at radius 2 is 2.22 bits per heavy atom. The smallest absolute Gasteiger partial charge is 0.239 e. The van der Waals surface area contributed by atoms with E-state index < -0.39 is 0 Å². The minimum Gasteiger partial charge on any atom is -0.494 e. The Labute approximate surface area is 111 Å². The third kappa shape index (κ3) is 2.67. The lowest BCUT2D eigenvalue weighted by Gasteiger charge is -2.14. The van der Waals surface area contributed by atoms with E-state index in [0.29, 0.717) is 5.75 Å². The van der Waals surface area contributed by atoms with Gasteiger partial charge in [-0.1, -0.05) is 30.8 Å². The second-order valence-electron chi connectivity index (χ2n) is 3.90. The summed E-state index contributed by atoms with van der Waals surface area (Å²) in [5.41, 5.74) is 0.762. The van der Waals surface area contributed by atoms with Crippen molar-refractivity contribution in [1.29, 1.82) is 0 Å². The van der Waals surface area contributed by atoms with E-state index in [-0.39, 0.29) is 5.91 Å². The van der Waals surface area contributed by atoms with Crippen LogP contribution in [0.4, 0.5) is 5.69 Å². The lowest BCUT2D eigenvalue weighted by atomic mass is 10.3. The molecule has 0 radical (unpaired) electrons. The summed E-state index contributed by atoms with van der Waals surface area (Å²) >= 11 is 1.48. The zero-order chi connectivity index (χ0) is 13.0. The monoisotopic (exact) mass is 264 g/mol. The van der Waals surface area contributed by atoms with Crippen LogP contribution in [0.3, 0.4) is 0 Å². The number of amides is 1. The molecule has 0 spiro atoms. The van der Waals surface area contributed by atoms with Crippen LogP contribution in [-0.4, -0.2) is 35.4 Å². The molecule has 1 fully saturated rings. The highest BCUT2D eigenvalue weighted by Gasteiger charge is 2.27. The van der Waals surface area contributed by atoms with E-state index in [1.54, 1.807) is 12.0 Å². The van der Waals surface area contributed by atoms with Gasteiger partial charge in [0, 0.05) is 6.54 Å². The highest BCUT2D eigenvalue weighted by atomic mass is 32.2. The van der Waals surface area contributed by atoms with Crippen LogP contribution in [0.15, 0.2) is 29.3 Å². The molecule has 2 rings (SSSR count). The Balaban J connectivity index is 2.29. The molecule has 1 saturated heterocycles. The Hall–Kier alpha value is -1.49. The van der Waals surface area contributed by atoms with Crippen LogP contribution < -0.4 is 4.74 Å². The van der Waals surface area contributed by atoms with E-state index in [1.165, 1.54) is 11.8 Å². The summed E-state index contributed by atoms with van der Waals surface area (Å²) in [6.07, 6.45) is 0.928. The number of benzene rings is 1. The minimum atomic E-state index is 0.135. The molecule has 0 N–H and O–H groups in total. The number of rotatable bonds is 4. The fourth-order valence-electron chi connectivity index (χ4n) is 1.75. The number of methoxy groups -OCH3 is 1. The predicted molar refractivity (Wildman–Crippen MR) is 74.6 cm³/mol. The molecule has 1 amide bonds. The van der Waals surface area contributed by atoms with Crippen molar-refractivity contribution in [3.8, 4) is 5.75 Å². The summed E-state index contributed by atoms with van der Waals surface area (Å²) in [6, 6.07) is 7.57. The summed E-state index contributed by atoms with van der Waals surface area (Å²) in [5, 5.41) is 0.770. The maximum absolute atomic E-state index is 11.7. The molecule has 4 nitrogen and oxygen atoms in total. The van der Waals surface area contributed by atoms with Crippen molar-refractivity contribution in [3.63, 3.8) is 0 Å². The van der Waals surface area contributed by atoms with Gasteiger partial charge in [-0.25, -0.2) is 4.99 Å². The number of hydrogen-bond acceptors (Lipinski definition) is 4. The Morgan fingerprint density at radius 3 is 2.94 bits per heavy atom. The molecule has 0 unspecified atom stereocenters. The number of carbonyl (C=O) groups is 1. The molecule has 96 valence electrons. The first-order valence-electron chi connectivity index (χ1n) is 5.91. The largest absolute Gasteiger partial charge is 0.494 e. The van der Waals surface area contributed by atoms with E-state index in [0.717, 1.165) is 29.6 Å². The highest BCUT2D eigenvalue weighted by Crippen LogP contribution is 2.30. The van der Waals surface area contributed by atoms with E-state index in [9.17, 15) is 4.79 Å². The van der Waals surface area contributed by atoms with Crippen molar-refractivity contribution < 1.29 is 9.53 Å². The summed E-state index contributed by atoms with van der Waals surface area (Å²) in [6.45, 7) is 2.77. The van der Waals surface area contributed by atoms with Gasteiger partial charge in [-0.15, -0.1) is 0 Å². The van der Waals surface area contributed by atoms with Crippen LogP contribution in [0, 0.1) is 0 Å². The van der Waals surface area contributed by atoms with Gasteiger partial charge in [-0.2, -0.15) is 0 Å². The minimum absolute atomic E-state index is 0.135. The van der Waals surface area contributed by atoms with Gasteiger partial charge in [0.15, 0.2) is 5.17 Å². The fourth-order valence-corrected chi connectivity index (χ4v) is 2.67. The molecule has 18 heavy (non-hydrogen) atoms. The quantitative estimate of drug-likeness (QED) is 0.839. The molecular formula is C13H16N2O2S. The van der Waals surface area contributed by atoms with E-state index in [1.807, 2.05) is 24.3 Å². The van der Waals surface area contributed by atoms with Gasteiger partial charge < -0.3 is 4.74 Å². The molecule has 1 aliphatic heterocycles. The lowest BCUT2D eigenvalue weighted by Crippen LogP contribution is -2.30. The normalized spacial score (nSPS) is 17.6. The molecule has 0 atom stereocenters. The SMILES string of the molecule is CCCN1C(=O)CSC1=Nc1ccccc1OC. The number of nitrogens with zero attached hydrogens (tertiary/aromatic N) is 2. The molecule has 1 heterocycles. The van der Waals surface area contributed by atoms with Gasteiger partial charge in [-0.05, 0) is 18.6 Å². The van der Waals surface area contributed by atoms with Crippen LogP contribution in [-0.2, 0) is 4.79 Å². The van der Waals surface area contributed by atoms with E-state index in [2.05, 4.69) is 11.9 Å². The molecule has 0 saturated carbocycles. The lowest BCUT2D eigenvalue weighted by molar-refractivity contribution is -0.124. The second kappa shape index (κ2) is 5.91. The summed E-state index contributed by atoms with van der Waals surface area (Å²) in [5.74, 6) is 1.34. The van der Waals surface area contributed by atoms with Crippen molar-refractivity contribution >= 4 is 28.5 Å². The van der Waals surface area contributed by atoms with Crippen molar-refractivity contribution in [2.24, 2.45) is 4.99 Å². The standard InChI is InChI=1S/C13H16N2O2S/c1-3-8-15-12(16)9-18-13(15)14-10-6-4-5-7-11(10)17-2/h4-7H,3,8-9H2,1-2H3. The fraction of sp³-hybridized carbons (Fsp3) is 0.385. The van der Waals surface area contributed by atoms with Crippen molar-refractivity contribution in [1.82, 2.24) is 4.90 Å². The number of ether oxygens (including phenoxy) is 1. The molecular weight excluding hydrogens is 248 g/mol. The number of thioether (sulfide) groups is 1. The van der Waals surface area contributed by atoms with Gasteiger partial charge in [0.05, 0.1) is 12.9 Å². The van der Waals surface area contributed by atoms with Crippen molar-refractivity contribution in [2.45, 2.75) is 13.3 Å². The number of para-hydroxylation sites is 2. The molecule has 1 aromatic rings. The second-order valence-corrected chi connectivity index (χ2v) is 4.84. The summed E-state index contributed by atoms with van der Waals surface area (Å²) in [4.78, 5) is 18.0. The molecule has 0 aromatic heterocycles. The molecule has 1 aliphatic rings. The topological polar surface area (TPSA) is 41.9 Å². The average Bonchev–Trinajstić information content (AvgIpc) is 2.73. The average molecular weight is 264 g/mol. The number of hydrogen-bond donors (Lipinski definition) is 0. The van der Waals surface area contributed by atoms with Crippen LogP contribution >= 0.6 is 11.8 Å². The first-order valence-corrected chi connectivity index (χ1v) is 6.89. The van der Waals surface area contributed by atoms with E-state index in [4.69, 9.17) is 4.74 Å². The summed E-state index contributed by atoms with van der Waals surface area (Å²) in [7, 11) is 1.62.